The number of rotatable bonds is 2. The molecule has 0 N–H and O–H groups in total. The molecule has 2 aromatic heterocycles. The van der Waals surface area contributed by atoms with E-state index in [4.69, 9.17) is 9.40 Å². The lowest BCUT2D eigenvalue weighted by atomic mass is 9.99. The summed E-state index contributed by atoms with van der Waals surface area (Å²) >= 11 is 1.86. The standard InChI is InChI=1S/C29H17NOS/c1-2-7-19(8-3-1)29-30-27-24-17-20(14-13-18(24)15-16-25(27)31-29)21-10-6-11-23-22-9-4-5-12-26(22)32-28(21)23/h1-17H. The third-order valence-corrected chi connectivity index (χ3v) is 7.33. The van der Waals surface area contributed by atoms with E-state index in [2.05, 4.69) is 66.7 Å². The molecular weight excluding hydrogens is 410 g/mol. The molecule has 0 aliphatic heterocycles. The van der Waals surface area contributed by atoms with E-state index in [0.717, 1.165) is 27.4 Å². The Labute approximate surface area is 188 Å². The van der Waals surface area contributed by atoms with Gasteiger partial charge in [0.15, 0.2) is 5.58 Å². The van der Waals surface area contributed by atoms with Gasteiger partial charge in [-0.25, -0.2) is 4.98 Å². The summed E-state index contributed by atoms with van der Waals surface area (Å²) in [5, 5.41) is 4.91. The number of fused-ring (bicyclic) bond motifs is 6. The molecule has 7 rings (SSSR count). The van der Waals surface area contributed by atoms with Gasteiger partial charge < -0.3 is 4.42 Å². The summed E-state index contributed by atoms with van der Waals surface area (Å²) in [5.41, 5.74) is 5.17. The first-order chi connectivity index (χ1) is 15.8. The summed E-state index contributed by atoms with van der Waals surface area (Å²) in [6.45, 7) is 0. The fourth-order valence-electron chi connectivity index (χ4n) is 4.56. The molecule has 0 spiro atoms. The monoisotopic (exact) mass is 427 g/mol. The Morgan fingerprint density at radius 2 is 1.44 bits per heavy atom. The largest absolute Gasteiger partial charge is 0.436 e. The SMILES string of the molecule is c1ccc(-c2nc3c(ccc4ccc(-c5cccc6c5sc5ccccc56)cc43)o2)cc1. The van der Waals surface area contributed by atoms with Gasteiger partial charge in [0.05, 0.1) is 0 Å². The summed E-state index contributed by atoms with van der Waals surface area (Å²) in [5.74, 6) is 0.658. The number of hydrogen-bond acceptors (Lipinski definition) is 3. The van der Waals surface area contributed by atoms with Crippen molar-refractivity contribution in [1.29, 1.82) is 0 Å². The van der Waals surface area contributed by atoms with Gasteiger partial charge in [-0.15, -0.1) is 11.3 Å². The summed E-state index contributed by atoms with van der Waals surface area (Å²) < 4.78 is 8.75. The maximum atomic E-state index is 6.11. The highest BCUT2D eigenvalue weighted by atomic mass is 32.1. The van der Waals surface area contributed by atoms with Crippen LogP contribution in [0.3, 0.4) is 0 Å². The van der Waals surface area contributed by atoms with Gasteiger partial charge in [0.2, 0.25) is 5.89 Å². The summed E-state index contributed by atoms with van der Waals surface area (Å²) in [7, 11) is 0. The van der Waals surface area contributed by atoms with Crippen molar-refractivity contribution < 1.29 is 4.42 Å². The van der Waals surface area contributed by atoms with Gasteiger partial charge in [-0.2, -0.15) is 0 Å². The molecule has 0 bridgehead atoms. The molecular formula is C29H17NOS. The molecule has 0 fully saturated rings. The third-order valence-electron chi connectivity index (χ3n) is 6.11. The van der Waals surface area contributed by atoms with Crippen LogP contribution in [0, 0.1) is 0 Å². The highest BCUT2D eigenvalue weighted by Crippen LogP contribution is 2.41. The number of oxazole rings is 1. The molecule has 2 nitrogen and oxygen atoms in total. The fourth-order valence-corrected chi connectivity index (χ4v) is 5.79. The minimum atomic E-state index is 0.658. The van der Waals surface area contributed by atoms with Crippen LogP contribution >= 0.6 is 11.3 Å². The van der Waals surface area contributed by atoms with Gasteiger partial charge in [0, 0.05) is 31.1 Å². The molecule has 0 atom stereocenters. The number of hydrogen-bond donors (Lipinski definition) is 0. The van der Waals surface area contributed by atoms with Gasteiger partial charge in [0.1, 0.15) is 5.52 Å². The van der Waals surface area contributed by atoms with Gasteiger partial charge >= 0.3 is 0 Å². The molecule has 0 amide bonds. The molecule has 150 valence electrons. The maximum absolute atomic E-state index is 6.11. The summed E-state index contributed by atoms with van der Waals surface area (Å²) in [6, 6.07) is 36.1. The average Bonchev–Trinajstić information content (AvgIpc) is 3.46. The second kappa shape index (κ2) is 6.78. The molecule has 7 aromatic rings. The molecule has 0 aliphatic rings. The van der Waals surface area contributed by atoms with E-state index in [9.17, 15) is 0 Å². The van der Waals surface area contributed by atoms with Crippen molar-refractivity contribution in [3.05, 3.63) is 103 Å². The van der Waals surface area contributed by atoms with Crippen LogP contribution in [0.15, 0.2) is 108 Å². The van der Waals surface area contributed by atoms with Crippen LogP contribution in [0.1, 0.15) is 0 Å². The Balaban J connectivity index is 1.47. The second-order valence-electron chi connectivity index (χ2n) is 8.01. The van der Waals surface area contributed by atoms with Gasteiger partial charge in [-0.05, 0) is 46.8 Å². The minimum Gasteiger partial charge on any atom is -0.436 e. The number of thiophene rings is 1. The highest BCUT2D eigenvalue weighted by molar-refractivity contribution is 7.26. The van der Waals surface area contributed by atoms with E-state index in [1.165, 1.54) is 31.3 Å². The topological polar surface area (TPSA) is 26.0 Å². The Morgan fingerprint density at radius 1 is 0.625 bits per heavy atom. The van der Waals surface area contributed by atoms with Crippen LogP contribution in [-0.2, 0) is 0 Å². The molecule has 0 radical (unpaired) electrons. The van der Waals surface area contributed by atoms with Gasteiger partial charge in [-0.3, -0.25) is 0 Å². The van der Waals surface area contributed by atoms with E-state index < -0.39 is 0 Å². The first-order valence-corrected chi connectivity index (χ1v) is 11.5. The Hall–Kier alpha value is -3.95. The number of benzene rings is 5. The van der Waals surface area contributed by atoms with E-state index in [1.807, 2.05) is 47.7 Å². The lowest BCUT2D eigenvalue weighted by Gasteiger charge is -2.06. The van der Waals surface area contributed by atoms with Gasteiger partial charge in [0.25, 0.3) is 0 Å². The van der Waals surface area contributed by atoms with Crippen molar-refractivity contribution in [2.45, 2.75) is 0 Å². The van der Waals surface area contributed by atoms with Crippen LogP contribution < -0.4 is 0 Å². The summed E-state index contributed by atoms with van der Waals surface area (Å²) in [4.78, 5) is 4.88. The molecule has 0 saturated carbocycles. The lowest BCUT2D eigenvalue weighted by molar-refractivity contribution is 0.620. The Morgan fingerprint density at radius 3 is 2.38 bits per heavy atom. The van der Waals surface area contributed by atoms with Gasteiger partial charge in [-0.1, -0.05) is 72.8 Å². The van der Waals surface area contributed by atoms with Crippen LogP contribution in [-0.4, -0.2) is 4.98 Å². The molecule has 2 heterocycles. The van der Waals surface area contributed by atoms with E-state index in [0.29, 0.717) is 5.89 Å². The molecule has 3 heteroatoms. The Kier molecular flexibility index (Phi) is 3.75. The zero-order valence-electron chi connectivity index (χ0n) is 17.1. The van der Waals surface area contributed by atoms with E-state index >= 15 is 0 Å². The third kappa shape index (κ3) is 2.62. The van der Waals surface area contributed by atoms with Crippen molar-refractivity contribution in [2.24, 2.45) is 0 Å². The maximum Gasteiger partial charge on any atom is 0.227 e. The van der Waals surface area contributed by atoms with Crippen molar-refractivity contribution in [3.63, 3.8) is 0 Å². The lowest BCUT2D eigenvalue weighted by Crippen LogP contribution is -1.82. The average molecular weight is 428 g/mol. The quantitative estimate of drug-likeness (QED) is 0.276. The normalized spacial score (nSPS) is 11.8. The van der Waals surface area contributed by atoms with Crippen LogP contribution in [0.4, 0.5) is 0 Å². The smallest absolute Gasteiger partial charge is 0.227 e. The van der Waals surface area contributed by atoms with Crippen molar-refractivity contribution in [1.82, 2.24) is 4.98 Å². The number of nitrogens with zero attached hydrogens (tertiary/aromatic N) is 1. The predicted molar refractivity (Wildman–Crippen MR) is 135 cm³/mol. The minimum absolute atomic E-state index is 0.658. The van der Waals surface area contributed by atoms with E-state index in [1.54, 1.807) is 0 Å². The zero-order valence-corrected chi connectivity index (χ0v) is 17.9. The van der Waals surface area contributed by atoms with E-state index in [-0.39, 0.29) is 0 Å². The molecule has 5 aromatic carbocycles. The second-order valence-corrected chi connectivity index (χ2v) is 9.07. The molecule has 0 aliphatic carbocycles. The summed E-state index contributed by atoms with van der Waals surface area (Å²) in [6.07, 6.45) is 0. The first-order valence-electron chi connectivity index (χ1n) is 10.6. The predicted octanol–water partition coefficient (Wildman–Crippen LogP) is 8.68. The van der Waals surface area contributed by atoms with Crippen LogP contribution in [0.2, 0.25) is 0 Å². The highest BCUT2D eigenvalue weighted by Gasteiger charge is 2.14. The molecule has 0 saturated heterocycles. The zero-order chi connectivity index (χ0) is 21.1. The molecule has 0 unspecified atom stereocenters. The van der Waals surface area contributed by atoms with Crippen LogP contribution in [0.25, 0.3) is 64.6 Å². The van der Waals surface area contributed by atoms with Crippen molar-refractivity contribution in [2.75, 3.05) is 0 Å². The Bertz CT molecular complexity index is 1780. The van der Waals surface area contributed by atoms with Crippen LogP contribution in [0.5, 0.6) is 0 Å². The fraction of sp³-hybridized carbons (Fsp3) is 0. The molecule has 32 heavy (non-hydrogen) atoms. The number of aromatic nitrogens is 1. The first kappa shape index (κ1) is 17.7. The van der Waals surface area contributed by atoms with Crippen molar-refractivity contribution >= 4 is 53.4 Å². The van der Waals surface area contributed by atoms with Crippen molar-refractivity contribution in [3.8, 4) is 22.6 Å².